The molecule has 2 atom stereocenters. The molecule has 1 aromatic carbocycles. The topological polar surface area (TPSA) is 33.5 Å². The van der Waals surface area contributed by atoms with Crippen molar-refractivity contribution in [2.24, 2.45) is 0 Å². The van der Waals surface area contributed by atoms with Gasteiger partial charge in [0, 0.05) is 0 Å². The number of rotatable bonds is 3. The maximum atomic E-state index is 12.3. The van der Waals surface area contributed by atoms with Crippen molar-refractivity contribution in [2.45, 2.75) is 52.1 Å². The van der Waals surface area contributed by atoms with Crippen LogP contribution in [0, 0.1) is 6.92 Å². The number of quaternary nitrogens is 1. The lowest BCUT2D eigenvalue weighted by molar-refractivity contribution is -0.943. The quantitative estimate of drug-likeness (QED) is 0.765. The van der Waals surface area contributed by atoms with Gasteiger partial charge in [0.1, 0.15) is 0 Å². The lowest BCUT2D eigenvalue weighted by Crippen LogP contribution is -3.20. The van der Waals surface area contributed by atoms with Gasteiger partial charge in [-0.25, -0.2) is 0 Å². The minimum Gasteiger partial charge on any atom is -1.00 e. The Balaban J connectivity index is 0.00000220. The predicted molar refractivity (Wildman–Crippen MR) is 83.4 cm³/mol. The van der Waals surface area contributed by atoms with Gasteiger partial charge in [0.25, 0.3) is 5.91 Å². The van der Waals surface area contributed by atoms with Crippen LogP contribution >= 0.6 is 11.6 Å². The maximum Gasteiger partial charge on any atom is 0.279 e. The number of anilines is 1. The summed E-state index contributed by atoms with van der Waals surface area (Å²) in [5, 5.41) is 3.58. The van der Waals surface area contributed by atoms with Gasteiger partial charge in [-0.15, -0.1) is 0 Å². The van der Waals surface area contributed by atoms with Gasteiger partial charge >= 0.3 is 0 Å². The molecular formula is C16H24Cl2N2O. The average Bonchev–Trinajstić information content (AvgIpc) is 2.39. The maximum absolute atomic E-state index is 12.3. The molecule has 1 fully saturated rings. The normalized spacial score (nSPS) is 25.0. The van der Waals surface area contributed by atoms with Crippen molar-refractivity contribution in [1.82, 2.24) is 0 Å². The summed E-state index contributed by atoms with van der Waals surface area (Å²) >= 11 is 6.15. The number of hydrogen-bond acceptors (Lipinski definition) is 1. The number of para-hydroxylation sites is 1. The third-order valence-corrected chi connectivity index (χ3v) is 4.71. The molecule has 1 aliphatic heterocycles. The Bertz CT molecular complexity index is 463. The number of aryl methyl sites for hydroxylation is 1. The van der Waals surface area contributed by atoms with E-state index in [4.69, 9.17) is 11.6 Å². The number of nitrogens with one attached hydrogen (secondary N) is 2. The number of halogens is 2. The largest absolute Gasteiger partial charge is 1.00 e. The highest BCUT2D eigenvalue weighted by Gasteiger charge is 2.30. The third-order valence-electron chi connectivity index (χ3n) is 4.39. The molecule has 2 unspecified atom stereocenters. The molecule has 21 heavy (non-hydrogen) atoms. The fourth-order valence-electron chi connectivity index (χ4n) is 3.09. The van der Waals surface area contributed by atoms with Gasteiger partial charge in [0.15, 0.2) is 6.54 Å². The first-order chi connectivity index (χ1) is 9.49. The van der Waals surface area contributed by atoms with Crippen molar-refractivity contribution in [3.8, 4) is 0 Å². The Labute approximate surface area is 138 Å². The molecule has 118 valence electrons. The standard InChI is InChI=1S/C16H23ClN2O.ClH/c1-11-6-4-9-14(17)16(11)18-15(20)10-19-12(2)7-5-8-13(19)3;/h4,6,9,12-13H,5,7-8,10H2,1-3H3,(H,18,20);1H. The molecule has 0 aromatic heterocycles. The molecule has 2 rings (SSSR count). The number of carbonyl (C=O) groups excluding carboxylic acids is 1. The van der Waals surface area contributed by atoms with Crippen molar-refractivity contribution < 1.29 is 22.1 Å². The molecule has 0 radical (unpaired) electrons. The van der Waals surface area contributed by atoms with Crippen LogP contribution in [0.25, 0.3) is 0 Å². The molecule has 1 aromatic rings. The van der Waals surface area contributed by atoms with Gasteiger partial charge in [0.2, 0.25) is 0 Å². The van der Waals surface area contributed by atoms with Gasteiger partial charge in [-0.1, -0.05) is 23.7 Å². The summed E-state index contributed by atoms with van der Waals surface area (Å²) in [7, 11) is 0. The Hall–Kier alpha value is -0.770. The highest BCUT2D eigenvalue weighted by Crippen LogP contribution is 2.24. The summed E-state index contributed by atoms with van der Waals surface area (Å²) in [5.41, 5.74) is 1.75. The Morgan fingerprint density at radius 2 is 1.95 bits per heavy atom. The van der Waals surface area contributed by atoms with Crippen LogP contribution in [0.15, 0.2) is 18.2 Å². The summed E-state index contributed by atoms with van der Waals surface area (Å²) in [4.78, 5) is 13.7. The summed E-state index contributed by atoms with van der Waals surface area (Å²) in [5.74, 6) is 0.0526. The van der Waals surface area contributed by atoms with Crippen LogP contribution < -0.4 is 22.6 Å². The highest BCUT2D eigenvalue weighted by atomic mass is 35.5. The van der Waals surface area contributed by atoms with Crippen molar-refractivity contribution in [3.05, 3.63) is 28.8 Å². The van der Waals surface area contributed by atoms with E-state index in [9.17, 15) is 4.79 Å². The second-order valence-corrected chi connectivity index (χ2v) is 6.37. The van der Waals surface area contributed by atoms with Crippen LogP contribution in [0.3, 0.4) is 0 Å². The number of benzene rings is 1. The minimum absolute atomic E-state index is 0. The molecule has 1 amide bonds. The summed E-state index contributed by atoms with van der Waals surface area (Å²) in [6.45, 7) is 6.95. The van der Waals surface area contributed by atoms with Gasteiger partial charge in [-0.2, -0.15) is 0 Å². The second kappa shape index (κ2) is 8.02. The molecule has 1 saturated heterocycles. The predicted octanol–water partition coefficient (Wildman–Crippen LogP) is -0.563. The Morgan fingerprint density at radius 3 is 2.52 bits per heavy atom. The number of hydrogen-bond donors (Lipinski definition) is 2. The van der Waals surface area contributed by atoms with E-state index in [1.165, 1.54) is 24.2 Å². The molecule has 0 spiro atoms. The van der Waals surface area contributed by atoms with Crippen molar-refractivity contribution in [2.75, 3.05) is 11.9 Å². The molecule has 3 nitrogen and oxygen atoms in total. The molecular weight excluding hydrogens is 307 g/mol. The van der Waals surface area contributed by atoms with E-state index in [2.05, 4.69) is 19.2 Å². The average molecular weight is 331 g/mol. The number of piperidine rings is 1. The van der Waals surface area contributed by atoms with E-state index in [1.807, 2.05) is 25.1 Å². The first kappa shape index (κ1) is 18.3. The smallest absolute Gasteiger partial charge is 0.279 e. The highest BCUT2D eigenvalue weighted by molar-refractivity contribution is 6.33. The fraction of sp³-hybridized carbons (Fsp3) is 0.562. The number of carbonyl (C=O) groups is 1. The molecule has 0 saturated carbocycles. The first-order valence-electron chi connectivity index (χ1n) is 7.39. The van der Waals surface area contributed by atoms with Crippen LogP contribution in [-0.2, 0) is 4.79 Å². The summed E-state index contributed by atoms with van der Waals surface area (Å²) < 4.78 is 0. The van der Waals surface area contributed by atoms with Crippen LogP contribution in [0.4, 0.5) is 5.69 Å². The van der Waals surface area contributed by atoms with Crippen molar-refractivity contribution in [3.63, 3.8) is 0 Å². The zero-order valence-corrected chi connectivity index (χ0v) is 14.4. The summed E-state index contributed by atoms with van der Waals surface area (Å²) in [6.07, 6.45) is 3.69. The number of amides is 1. The minimum atomic E-state index is 0. The van der Waals surface area contributed by atoms with Crippen LogP contribution in [-0.4, -0.2) is 24.5 Å². The monoisotopic (exact) mass is 330 g/mol. The molecule has 1 aliphatic rings. The molecule has 1 heterocycles. The lowest BCUT2D eigenvalue weighted by Gasteiger charge is -2.35. The van der Waals surface area contributed by atoms with Crippen LogP contribution in [0.2, 0.25) is 5.02 Å². The second-order valence-electron chi connectivity index (χ2n) is 5.96. The molecule has 0 aliphatic carbocycles. The summed E-state index contributed by atoms with van der Waals surface area (Å²) in [6, 6.07) is 6.77. The lowest BCUT2D eigenvalue weighted by atomic mass is 9.97. The van der Waals surface area contributed by atoms with E-state index >= 15 is 0 Å². The molecule has 2 N–H and O–H groups in total. The van der Waals surface area contributed by atoms with Gasteiger partial charge in [-0.3, -0.25) is 4.79 Å². The van der Waals surface area contributed by atoms with Gasteiger partial charge in [0.05, 0.1) is 22.8 Å². The number of likely N-dealkylation sites (tertiary alicyclic amines) is 1. The fourth-order valence-corrected chi connectivity index (χ4v) is 3.36. The van der Waals surface area contributed by atoms with Crippen LogP contribution in [0.1, 0.15) is 38.7 Å². The van der Waals surface area contributed by atoms with E-state index in [-0.39, 0.29) is 18.3 Å². The zero-order valence-electron chi connectivity index (χ0n) is 12.9. The van der Waals surface area contributed by atoms with Crippen molar-refractivity contribution >= 4 is 23.2 Å². The zero-order chi connectivity index (χ0) is 14.7. The Morgan fingerprint density at radius 1 is 1.33 bits per heavy atom. The van der Waals surface area contributed by atoms with Gasteiger partial charge < -0.3 is 22.6 Å². The van der Waals surface area contributed by atoms with E-state index in [1.54, 1.807) is 0 Å². The van der Waals surface area contributed by atoms with Gasteiger partial charge in [-0.05, 0) is 51.7 Å². The molecule has 5 heteroatoms. The first-order valence-corrected chi connectivity index (χ1v) is 7.77. The van der Waals surface area contributed by atoms with Crippen LogP contribution in [0.5, 0.6) is 0 Å². The van der Waals surface area contributed by atoms with E-state index < -0.39 is 0 Å². The van der Waals surface area contributed by atoms with Crippen molar-refractivity contribution in [1.29, 1.82) is 0 Å². The van der Waals surface area contributed by atoms with E-state index in [0.717, 1.165) is 11.3 Å². The molecule has 0 bridgehead atoms. The third kappa shape index (κ3) is 4.60. The van der Waals surface area contributed by atoms with E-state index in [0.29, 0.717) is 23.7 Å². The SMILES string of the molecule is Cc1cccc(Cl)c1NC(=O)C[NH+]1C(C)CCCC1C.[Cl-]. The Kier molecular flexibility index (Phi) is 6.98.